The largest absolute Gasteiger partial charge is 0.333 e. The number of carbonyl (C=O) groups excluding carboxylic acids is 3. The van der Waals surface area contributed by atoms with Gasteiger partial charge < -0.3 is 4.84 Å². The molecule has 0 aromatic carbocycles. The Morgan fingerprint density at radius 3 is 2.00 bits per heavy atom. The zero-order chi connectivity index (χ0) is 18.3. The average molecular weight is 351 g/mol. The second-order valence-electron chi connectivity index (χ2n) is 6.67. The second kappa shape index (κ2) is 13.6. The zero-order valence-electron chi connectivity index (χ0n) is 15.6. The van der Waals surface area contributed by atoms with Crippen LogP contribution < -0.4 is 0 Å². The van der Waals surface area contributed by atoms with Crippen molar-refractivity contribution in [3.8, 4) is 0 Å². The van der Waals surface area contributed by atoms with Crippen LogP contribution in [0.4, 0.5) is 0 Å². The van der Waals surface area contributed by atoms with E-state index in [1.807, 2.05) is 0 Å². The lowest BCUT2D eigenvalue weighted by Gasteiger charge is -2.12. The quantitative estimate of drug-likeness (QED) is 0.255. The van der Waals surface area contributed by atoms with Crippen molar-refractivity contribution in [2.45, 2.75) is 96.8 Å². The van der Waals surface area contributed by atoms with Crippen molar-refractivity contribution >= 4 is 17.8 Å². The Labute approximate surface area is 151 Å². The first-order valence-electron chi connectivity index (χ1n) is 9.86. The van der Waals surface area contributed by atoms with E-state index in [1.54, 1.807) is 0 Å². The maximum absolute atomic E-state index is 11.6. The number of hydrogen-bond donors (Lipinski definition) is 0. The number of nitrogens with zero attached hydrogens (tertiary/aromatic N) is 1. The topological polar surface area (TPSA) is 63.7 Å². The molecule has 1 aliphatic rings. The molecule has 5 nitrogen and oxygen atoms in total. The van der Waals surface area contributed by atoms with Gasteiger partial charge >= 0.3 is 5.97 Å². The van der Waals surface area contributed by atoms with Crippen molar-refractivity contribution in [2.75, 3.05) is 0 Å². The van der Waals surface area contributed by atoms with Gasteiger partial charge in [0.25, 0.3) is 11.8 Å². The molecule has 0 spiro atoms. The molecule has 1 rings (SSSR count). The molecular formula is C20H33NO4. The summed E-state index contributed by atoms with van der Waals surface area (Å²) < 4.78 is 0. The van der Waals surface area contributed by atoms with E-state index in [0.717, 1.165) is 32.1 Å². The van der Waals surface area contributed by atoms with Crippen molar-refractivity contribution in [3.63, 3.8) is 0 Å². The van der Waals surface area contributed by atoms with Gasteiger partial charge in [0.2, 0.25) is 0 Å². The summed E-state index contributed by atoms with van der Waals surface area (Å²) in [5.41, 5.74) is 0. The fourth-order valence-electron chi connectivity index (χ4n) is 2.79. The molecule has 142 valence electrons. The number of imide groups is 1. The Bertz CT molecular complexity index is 429. The van der Waals surface area contributed by atoms with E-state index in [0.29, 0.717) is 5.06 Å². The Morgan fingerprint density at radius 1 is 0.880 bits per heavy atom. The molecule has 0 aliphatic carbocycles. The minimum Gasteiger partial charge on any atom is -0.330 e. The van der Waals surface area contributed by atoms with Crippen LogP contribution in [0.3, 0.4) is 0 Å². The third kappa shape index (κ3) is 10.0. The standard InChI is InChI=1S/C20H33NO4/c1-2-3-4-5-6-7-8-9-10-11-12-13-14-15-20(24)25-21-18(22)16-17-19(21)23/h7-8H,2-6,9-17H2,1H3/b8-7-. The van der Waals surface area contributed by atoms with Gasteiger partial charge in [0.05, 0.1) is 0 Å². The molecule has 2 amide bonds. The summed E-state index contributed by atoms with van der Waals surface area (Å²) >= 11 is 0. The summed E-state index contributed by atoms with van der Waals surface area (Å²) in [5.74, 6) is -1.33. The summed E-state index contributed by atoms with van der Waals surface area (Å²) in [6.07, 6.45) is 17.9. The lowest BCUT2D eigenvalue weighted by Crippen LogP contribution is -2.31. The van der Waals surface area contributed by atoms with E-state index in [4.69, 9.17) is 4.84 Å². The average Bonchev–Trinajstić information content (AvgIpc) is 2.91. The fourth-order valence-corrected chi connectivity index (χ4v) is 2.79. The second-order valence-corrected chi connectivity index (χ2v) is 6.67. The smallest absolute Gasteiger partial charge is 0.330 e. The monoisotopic (exact) mass is 351 g/mol. The van der Waals surface area contributed by atoms with E-state index in [2.05, 4.69) is 19.1 Å². The number of carbonyl (C=O) groups is 3. The molecule has 1 heterocycles. The van der Waals surface area contributed by atoms with Crippen molar-refractivity contribution < 1.29 is 19.2 Å². The molecule has 1 aliphatic heterocycles. The summed E-state index contributed by atoms with van der Waals surface area (Å²) in [5, 5.41) is 0.622. The Hall–Kier alpha value is -1.65. The predicted molar refractivity (Wildman–Crippen MR) is 97.4 cm³/mol. The maximum atomic E-state index is 11.6. The third-order valence-corrected chi connectivity index (χ3v) is 4.34. The fraction of sp³-hybridized carbons (Fsp3) is 0.750. The number of allylic oxidation sites excluding steroid dienone is 2. The summed E-state index contributed by atoms with van der Waals surface area (Å²) in [7, 11) is 0. The van der Waals surface area contributed by atoms with Crippen LogP contribution in [0.15, 0.2) is 12.2 Å². The molecule has 0 aromatic rings. The van der Waals surface area contributed by atoms with Crippen LogP contribution in [-0.2, 0) is 19.2 Å². The van der Waals surface area contributed by atoms with Crippen molar-refractivity contribution in [1.82, 2.24) is 5.06 Å². The molecular weight excluding hydrogens is 318 g/mol. The minimum absolute atomic E-state index is 0.138. The maximum Gasteiger partial charge on any atom is 0.333 e. The van der Waals surface area contributed by atoms with Gasteiger partial charge in [-0.15, -0.1) is 5.06 Å². The van der Waals surface area contributed by atoms with Crippen LogP contribution in [0, 0.1) is 0 Å². The zero-order valence-corrected chi connectivity index (χ0v) is 15.6. The van der Waals surface area contributed by atoms with Gasteiger partial charge in [0, 0.05) is 19.3 Å². The minimum atomic E-state index is -0.491. The highest BCUT2D eigenvalue weighted by molar-refractivity contribution is 6.01. The Kier molecular flexibility index (Phi) is 11.7. The third-order valence-electron chi connectivity index (χ3n) is 4.34. The van der Waals surface area contributed by atoms with Crippen LogP contribution in [0.2, 0.25) is 0 Å². The van der Waals surface area contributed by atoms with Gasteiger partial charge in [0.15, 0.2) is 0 Å². The molecule has 0 saturated carbocycles. The Balaban J connectivity index is 1.90. The molecule has 0 unspecified atom stereocenters. The molecule has 1 saturated heterocycles. The molecule has 0 bridgehead atoms. The number of hydroxylamine groups is 2. The van der Waals surface area contributed by atoms with Crippen LogP contribution in [-0.4, -0.2) is 22.8 Å². The van der Waals surface area contributed by atoms with E-state index < -0.39 is 17.8 Å². The van der Waals surface area contributed by atoms with Gasteiger partial charge in [0.1, 0.15) is 0 Å². The molecule has 0 radical (unpaired) electrons. The molecule has 5 heteroatoms. The van der Waals surface area contributed by atoms with Crippen LogP contribution in [0.5, 0.6) is 0 Å². The van der Waals surface area contributed by atoms with Crippen molar-refractivity contribution in [3.05, 3.63) is 12.2 Å². The van der Waals surface area contributed by atoms with Gasteiger partial charge in [-0.2, -0.15) is 0 Å². The number of rotatable bonds is 14. The number of amides is 2. The Morgan fingerprint density at radius 2 is 1.40 bits per heavy atom. The van der Waals surface area contributed by atoms with Crippen molar-refractivity contribution in [2.24, 2.45) is 0 Å². The first-order chi connectivity index (χ1) is 12.1. The first kappa shape index (κ1) is 21.4. The summed E-state index contributed by atoms with van der Waals surface area (Å²) in [4.78, 5) is 39.1. The van der Waals surface area contributed by atoms with Gasteiger partial charge in [-0.1, -0.05) is 57.6 Å². The summed E-state index contributed by atoms with van der Waals surface area (Å²) in [6, 6.07) is 0. The lowest BCUT2D eigenvalue weighted by atomic mass is 10.1. The highest BCUT2D eigenvalue weighted by atomic mass is 16.7. The molecule has 1 fully saturated rings. The lowest BCUT2D eigenvalue weighted by molar-refractivity contribution is -0.197. The predicted octanol–water partition coefficient (Wildman–Crippen LogP) is 4.85. The van der Waals surface area contributed by atoms with Gasteiger partial charge in [-0.05, 0) is 32.1 Å². The van der Waals surface area contributed by atoms with E-state index >= 15 is 0 Å². The first-order valence-corrected chi connectivity index (χ1v) is 9.86. The molecule has 25 heavy (non-hydrogen) atoms. The van der Waals surface area contributed by atoms with E-state index in [-0.39, 0.29) is 19.3 Å². The highest BCUT2D eigenvalue weighted by Gasteiger charge is 2.32. The SMILES string of the molecule is CCCCCC/C=C\CCCCCCCC(=O)ON1C(=O)CCC1=O. The molecule has 0 atom stereocenters. The molecule has 0 N–H and O–H groups in total. The van der Waals surface area contributed by atoms with Gasteiger partial charge in [-0.25, -0.2) is 4.79 Å². The normalized spacial score (nSPS) is 14.7. The van der Waals surface area contributed by atoms with Gasteiger partial charge in [-0.3, -0.25) is 9.59 Å². The van der Waals surface area contributed by atoms with Crippen LogP contribution in [0.1, 0.15) is 96.8 Å². The van der Waals surface area contributed by atoms with Crippen LogP contribution >= 0.6 is 0 Å². The van der Waals surface area contributed by atoms with Crippen molar-refractivity contribution in [1.29, 1.82) is 0 Å². The van der Waals surface area contributed by atoms with E-state index in [9.17, 15) is 14.4 Å². The van der Waals surface area contributed by atoms with E-state index in [1.165, 1.54) is 38.5 Å². The number of hydrogen-bond acceptors (Lipinski definition) is 4. The molecule has 0 aromatic heterocycles. The van der Waals surface area contributed by atoms with Crippen LogP contribution in [0.25, 0.3) is 0 Å². The highest BCUT2D eigenvalue weighted by Crippen LogP contribution is 2.14. The summed E-state index contributed by atoms with van der Waals surface area (Å²) in [6.45, 7) is 2.23. The number of unbranched alkanes of at least 4 members (excludes halogenated alkanes) is 9.